The van der Waals surface area contributed by atoms with Crippen LogP contribution in [0.1, 0.15) is 97.3 Å². The Bertz CT molecular complexity index is 234. The summed E-state index contributed by atoms with van der Waals surface area (Å²) < 4.78 is 0. The highest BCUT2D eigenvalue weighted by atomic mass is 16.2. The van der Waals surface area contributed by atoms with Gasteiger partial charge in [-0.05, 0) is 12.3 Å². The predicted octanol–water partition coefficient (Wildman–Crippen LogP) is 5.71. The minimum atomic E-state index is 0.0114. The van der Waals surface area contributed by atoms with Crippen LogP contribution in [0.25, 0.3) is 0 Å². The first kappa shape index (κ1) is 19.5. The highest BCUT2D eigenvalue weighted by Gasteiger charge is 1.95. The third-order valence-corrected chi connectivity index (χ3v) is 3.79. The lowest BCUT2D eigenvalue weighted by Crippen LogP contribution is -1.87. The van der Waals surface area contributed by atoms with Crippen molar-refractivity contribution in [3.05, 3.63) is 0 Å². The average molecular weight is 280 g/mol. The van der Waals surface area contributed by atoms with Gasteiger partial charge in [0, 0.05) is 6.42 Å². The van der Waals surface area contributed by atoms with E-state index < -0.39 is 0 Å². The van der Waals surface area contributed by atoms with Gasteiger partial charge in [0.15, 0.2) is 0 Å². The molecule has 0 fully saturated rings. The third-order valence-electron chi connectivity index (χ3n) is 3.79. The van der Waals surface area contributed by atoms with E-state index >= 15 is 0 Å². The Morgan fingerprint density at radius 3 is 1.55 bits per heavy atom. The fourth-order valence-electron chi connectivity index (χ4n) is 2.50. The van der Waals surface area contributed by atoms with Gasteiger partial charge in [0.1, 0.15) is 6.61 Å². The maximum atomic E-state index is 8.51. The van der Waals surface area contributed by atoms with Crippen molar-refractivity contribution in [1.82, 2.24) is 0 Å². The van der Waals surface area contributed by atoms with Crippen molar-refractivity contribution >= 4 is 0 Å². The lowest BCUT2D eigenvalue weighted by atomic mass is 10.0. The number of rotatable bonds is 13. The largest absolute Gasteiger partial charge is 0.384 e. The zero-order chi connectivity index (χ0) is 14.9. The van der Waals surface area contributed by atoms with E-state index in [4.69, 9.17) is 5.11 Å². The molecule has 0 saturated carbocycles. The summed E-state index contributed by atoms with van der Waals surface area (Å²) in [5.74, 6) is 6.56. The topological polar surface area (TPSA) is 20.2 Å². The molecule has 0 heterocycles. The molecule has 118 valence electrons. The van der Waals surface area contributed by atoms with Gasteiger partial charge in [0.2, 0.25) is 0 Å². The first-order valence-electron chi connectivity index (χ1n) is 8.84. The smallest absolute Gasteiger partial charge is 0.104 e. The summed E-state index contributed by atoms with van der Waals surface area (Å²) in [5.41, 5.74) is 0. The van der Waals surface area contributed by atoms with Crippen LogP contribution >= 0.6 is 0 Å². The van der Waals surface area contributed by atoms with E-state index in [9.17, 15) is 0 Å². The molecule has 0 atom stereocenters. The van der Waals surface area contributed by atoms with Gasteiger partial charge < -0.3 is 5.11 Å². The summed E-state index contributed by atoms with van der Waals surface area (Å²) in [4.78, 5) is 0. The Hall–Kier alpha value is -0.480. The van der Waals surface area contributed by atoms with Crippen LogP contribution in [0.3, 0.4) is 0 Å². The first-order chi connectivity index (χ1) is 9.77. The van der Waals surface area contributed by atoms with Crippen molar-refractivity contribution < 1.29 is 5.11 Å². The highest BCUT2D eigenvalue weighted by Crippen LogP contribution is 2.13. The number of aliphatic hydroxyl groups is 1. The van der Waals surface area contributed by atoms with Gasteiger partial charge >= 0.3 is 0 Å². The Morgan fingerprint density at radius 2 is 1.10 bits per heavy atom. The minimum Gasteiger partial charge on any atom is -0.384 e. The first-order valence-corrected chi connectivity index (χ1v) is 8.84. The maximum absolute atomic E-state index is 8.51. The van der Waals surface area contributed by atoms with Gasteiger partial charge in [0.05, 0.1) is 0 Å². The molecule has 0 bridgehead atoms. The molecule has 1 N–H and O–H groups in total. The molecular formula is C19H36O. The molecular weight excluding hydrogens is 244 g/mol. The van der Waals surface area contributed by atoms with E-state index in [-0.39, 0.29) is 6.61 Å². The summed E-state index contributed by atoms with van der Waals surface area (Å²) in [6.45, 7) is 4.65. The zero-order valence-electron chi connectivity index (χ0n) is 13.9. The molecule has 0 aromatic heterocycles. The molecule has 0 rings (SSSR count). The summed E-state index contributed by atoms with van der Waals surface area (Å²) in [6.07, 6.45) is 17.6. The lowest BCUT2D eigenvalue weighted by molar-refractivity contribution is 0.350. The molecule has 0 unspecified atom stereocenters. The zero-order valence-corrected chi connectivity index (χ0v) is 13.9. The van der Waals surface area contributed by atoms with Crippen LogP contribution in [-0.4, -0.2) is 11.7 Å². The quantitative estimate of drug-likeness (QED) is 0.338. The molecule has 1 nitrogen and oxygen atoms in total. The van der Waals surface area contributed by atoms with Crippen molar-refractivity contribution in [2.75, 3.05) is 6.61 Å². The Balaban J connectivity index is 2.99. The Kier molecular flexibility index (Phi) is 16.2. The number of hydrogen-bond acceptors (Lipinski definition) is 1. The molecule has 0 aromatic rings. The Morgan fingerprint density at radius 1 is 0.650 bits per heavy atom. The summed E-state index contributed by atoms with van der Waals surface area (Å²) in [6, 6.07) is 0. The van der Waals surface area contributed by atoms with E-state index in [0.29, 0.717) is 0 Å². The number of hydrogen-bond donors (Lipinski definition) is 1. The van der Waals surface area contributed by atoms with E-state index in [0.717, 1.165) is 12.3 Å². The standard InChI is InChI=1S/C19H36O/c1-19(2)17-15-13-11-9-7-5-3-4-6-8-10-12-14-16-18-20/h19-20H,3-13,15,17-18H2,1-2H3. The second-order valence-electron chi connectivity index (χ2n) is 6.33. The van der Waals surface area contributed by atoms with Crippen LogP contribution in [0.2, 0.25) is 0 Å². The molecule has 0 amide bonds. The van der Waals surface area contributed by atoms with Crippen molar-refractivity contribution in [3.63, 3.8) is 0 Å². The molecule has 0 aromatic carbocycles. The monoisotopic (exact) mass is 280 g/mol. The normalized spacial score (nSPS) is 10.6. The van der Waals surface area contributed by atoms with E-state index in [2.05, 4.69) is 25.7 Å². The SMILES string of the molecule is CC(C)CCCCCCCCCCCCCC#CCO. The van der Waals surface area contributed by atoms with E-state index in [1.807, 2.05) is 0 Å². The van der Waals surface area contributed by atoms with Crippen molar-refractivity contribution in [2.24, 2.45) is 5.92 Å². The van der Waals surface area contributed by atoms with Gasteiger partial charge in [-0.1, -0.05) is 90.4 Å². The van der Waals surface area contributed by atoms with Gasteiger partial charge in [-0.15, -0.1) is 5.92 Å². The molecule has 1 heteroatoms. The fourth-order valence-corrected chi connectivity index (χ4v) is 2.50. The minimum absolute atomic E-state index is 0.0114. The van der Waals surface area contributed by atoms with E-state index in [1.54, 1.807) is 0 Å². The van der Waals surface area contributed by atoms with Crippen LogP contribution < -0.4 is 0 Å². The highest BCUT2D eigenvalue weighted by molar-refractivity contribution is 4.98. The molecule has 0 aliphatic rings. The number of unbranched alkanes of at least 4 members (excludes halogenated alkanes) is 11. The molecule has 0 saturated heterocycles. The Labute approximate surface area is 127 Å². The van der Waals surface area contributed by atoms with Crippen LogP contribution in [-0.2, 0) is 0 Å². The second-order valence-corrected chi connectivity index (χ2v) is 6.33. The molecule has 0 radical (unpaired) electrons. The van der Waals surface area contributed by atoms with Gasteiger partial charge in [-0.2, -0.15) is 0 Å². The van der Waals surface area contributed by atoms with Gasteiger partial charge in [0.25, 0.3) is 0 Å². The molecule has 0 aliphatic heterocycles. The molecule has 20 heavy (non-hydrogen) atoms. The second kappa shape index (κ2) is 16.6. The van der Waals surface area contributed by atoms with Crippen LogP contribution in [0, 0.1) is 17.8 Å². The molecule has 0 aliphatic carbocycles. The van der Waals surface area contributed by atoms with Crippen molar-refractivity contribution in [1.29, 1.82) is 0 Å². The summed E-state index contributed by atoms with van der Waals surface area (Å²) in [7, 11) is 0. The summed E-state index contributed by atoms with van der Waals surface area (Å²) >= 11 is 0. The fraction of sp³-hybridized carbons (Fsp3) is 0.895. The van der Waals surface area contributed by atoms with Crippen molar-refractivity contribution in [3.8, 4) is 11.8 Å². The molecule has 0 spiro atoms. The van der Waals surface area contributed by atoms with E-state index in [1.165, 1.54) is 77.0 Å². The van der Waals surface area contributed by atoms with Crippen molar-refractivity contribution in [2.45, 2.75) is 97.3 Å². The maximum Gasteiger partial charge on any atom is 0.104 e. The third kappa shape index (κ3) is 17.5. The average Bonchev–Trinajstić information content (AvgIpc) is 2.43. The lowest BCUT2D eigenvalue weighted by Gasteiger charge is -2.04. The van der Waals surface area contributed by atoms with Crippen LogP contribution in [0.15, 0.2) is 0 Å². The summed E-state index contributed by atoms with van der Waals surface area (Å²) in [5, 5.41) is 8.51. The van der Waals surface area contributed by atoms with Crippen LogP contribution in [0.5, 0.6) is 0 Å². The van der Waals surface area contributed by atoms with Gasteiger partial charge in [-0.25, -0.2) is 0 Å². The van der Waals surface area contributed by atoms with Gasteiger partial charge in [-0.3, -0.25) is 0 Å². The predicted molar refractivity (Wildman–Crippen MR) is 89.7 cm³/mol. The number of aliphatic hydroxyl groups excluding tert-OH is 1. The van der Waals surface area contributed by atoms with Crippen LogP contribution in [0.4, 0.5) is 0 Å².